The molecule has 2 unspecified atom stereocenters. The molecule has 2 rings (SSSR count). The number of carbonyl (C=O) groups excluding carboxylic acids is 2. The van der Waals surface area contributed by atoms with E-state index in [1.165, 1.54) is 0 Å². The quantitative estimate of drug-likeness (QED) is 0.621. The predicted molar refractivity (Wildman–Crippen MR) is 82.0 cm³/mol. The molecule has 0 aromatic heterocycles. The molecule has 6 heteroatoms. The van der Waals surface area contributed by atoms with Gasteiger partial charge in [0.25, 0.3) is 0 Å². The van der Waals surface area contributed by atoms with Gasteiger partial charge in [-0.25, -0.2) is 4.79 Å². The molecular formula is C15H28N4O2. The fourth-order valence-corrected chi connectivity index (χ4v) is 3.40. The third kappa shape index (κ3) is 4.09. The number of rotatable bonds is 4. The molecule has 120 valence electrons. The van der Waals surface area contributed by atoms with Crippen LogP contribution in [-0.2, 0) is 4.79 Å². The monoisotopic (exact) mass is 296 g/mol. The van der Waals surface area contributed by atoms with Gasteiger partial charge in [-0.05, 0) is 46.1 Å². The van der Waals surface area contributed by atoms with Crippen LogP contribution in [-0.4, -0.2) is 42.7 Å². The maximum Gasteiger partial charge on any atom is 0.315 e. The largest absolute Gasteiger partial charge is 0.351 e. The van der Waals surface area contributed by atoms with Crippen LogP contribution in [0.5, 0.6) is 0 Å². The SMILES string of the molecule is CCNC(=O)NC1(C(=O)NC2CCNC(C)C2)CCCC1. The van der Waals surface area contributed by atoms with E-state index in [1.807, 2.05) is 6.92 Å². The van der Waals surface area contributed by atoms with E-state index in [9.17, 15) is 9.59 Å². The van der Waals surface area contributed by atoms with Gasteiger partial charge in [0, 0.05) is 18.6 Å². The molecule has 0 spiro atoms. The Labute approximate surface area is 126 Å². The standard InChI is InChI=1S/C15H28N4O2/c1-3-16-14(21)19-15(7-4-5-8-15)13(20)18-12-6-9-17-11(2)10-12/h11-12,17H,3-10H2,1-2H3,(H,18,20)(H2,16,19,21). The second kappa shape index (κ2) is 7.11. The first kappa shape index (κ1) is 16.1. The van der Waals surface area contributed by atoms with Gasteiger partial charge < -0.3 is 21.3 Å². The molecule has 2 fully saturated rings. The highest BCUT2D eigenvalue weighted by atomic mass is 16.2. The number of urea groups is 1. The Kier molecular flexibility index (Phi) is 5.45. The van der Waals surface area contributed by atoms with Gasteiger partial charge in [0.1, 0.15) is 5.54 Å². The number of amides is 3. The van der Waals surface area contributed by atoms with Crippen molar-refractivity contribution in [3.63, 3.8) is 0 Å². The lowest BCUT2D eigenvalue weighted by Crippen LogP contribution is -2.61. The highest BCUT2D eigenvalue weighted by Gasteiger charge is 2.43. The summed E-state index contributed by atoms with van der Waals surface area (Å²) in [7, 11) is 0. The molecule has 21 heavy (non-hydrogen) atoms. The summed E-state index contributed by atoms with van der Waals surface area (Å²) in [5.74, 6) is -0.00893. The van der Waals surface area contributed by atoms with Gasteiger partial charge >= 0.3 is 6.03 Å². The van der Waals surface area contributed by atoms with Crippen molar-refractivity contribution in [2.75, 3.05) is 13.1 Å². The average Bonchev–Trinajstić information content (AvgIpc) is 2.88. The summed E-state index contributed by atoms with van der Waals surface area (Å²) in [6, 6.07) is 0.399. The topological polar surface area (TPSA) is 82.3 Å². The molecule has 1 saturated carbocycles. The lowest BCUT2D eigenvalue weighted by molar-refractivity contribution is -0.128. The van der Waals surface area contributed by atoms with Crippen molar-refractivity contribution in [2.45, 2.75) is 70.0 Å². The fourth-order valence-electron chi connectivity index (χ4n) is 3.40. The van der Waals surface area contributed by atoms with Crippen LogP contribution in [0.2, 0.25) is 0 Å². The van der Waals surface area contributed by atoms with Crippen LogP contribution >= 0.6 is 0 Å². The highest BCUT2D eigenvalue weighted by molar-refractivity contribution is 5.91. The van der Waals surface area contributed by atoms with Gasteiger partial charge in [-0.2, -0.15) is 0 Å². The van der Waals surface area contributed by atoms with Crippen molar-refractivity contribution >= 4 is 11.9 Å². The zero-order valence-electron chi connectivity index (χ0n) is 13.1. The smallest absolute Gasteiger partial charge is 0.315 e. The summed E-state index contributed by atoms with van der Waals surface area (Å²) in [6.45, 7) is 5.51. The van der Waals surface area contributed by atoms with Crippen molar-refractivity contribution < 1.29 is 9.59 Å². The molecule has 1 heterocycles. The Hall–Kier alpha value is -1.30. The van der Waals surface area contributed by atoms with Gasteiger partial charge in [0.15, 0.2) is 0 Å². The van der Waals surface area contributed by atoms with Gasteiger partial charge in [-0.1, -0.05) is 12.8 Å². The summed E-state index contributed by atoms with van der Waals surface area (Å²) < 4.78 is 0. The van der Waals surface area contributed by atoms with Crippen LogP contribution in [0.1, 0.15) is 52.4 Å². The van der Waals surface area contributed by atoms with Crippen LogP contribution in [0.15, 0.2) is 0 Å². The van der Waals surface area contributed by atoms with E-state index in [0.717, 1.165) is 45.1 Å². The van der Waals surface area contributed by atoms with Crippen LogP contribution < -0.4 is 21.3 Å². The Balaban J connectivity index is 1.96. The molecule has 4 N–H and O–H groups in total. The predicted octanol–water partition coefficient (Wildman–Crippen LogP) is 0.875. The average molecular weight is 296 g/mol. The molecule has 1 saturated heterocycles. The molecule has 2 atom stereocenters. The molecule has 2 aliphatic rings. The number of hydrogen-bond acceptors (Lipinski definition) is 3. The molecule has 0 aromatic rings. The van der Waals surface area contributed by atoms with Crippen molar-refractivity contribution in [2.24, 2.45) is 0 Å². The minimum Gasteiger partial charge on any atom is -0.351 e. The Bertz CT molecular complexity index is 380. The molecule has 0 radical (unpaired) electrons. The third-order valence-corrected chi connectivity index (χ3v) is 4.54. The van der Waals surface area contributed by atoms with Gasteiger partial charge in [-0.15, -0.1) is 0 Å². The van der Waals surface area contributed by atoms with E-state index in [2.05, 4.69) is 28.2 Å². The van der Waals surface area contributed by atoms with Crippen molar-refractivity contribution in [3.05, 3.63) is 0 Å². The first-order valence-corrected chi connectivity index (χ1v) is 8.16. The zero-order valence-corrected chi connectivity index (χ0v) is 13.1. The van der Waals surface area contributed by atoms with E-state index in [-0.39, 0.29) is 18.0 Å². The van der Waals surface area contributed by atoms with E-state index in [4.69, 9.17) is 0 Å². The number of hydrogen-bond donors (Lipinski definition) is 4. The maximum absolute atomic E-state index is 12.7. The molecule has 1 aliphatic carbocycles. The highest BCUT2D eigenvalue weighted by Crippen LogP contribution is 2.30. The molecule has 0 bridgehead atoms. The lowest BCUT2D eigenvalue weighted by atomic mass is 9.94. The number of carbonyl (C=O) groups is 2. The van der Waals surface area contributed by atoms with Crippen LogP contribution in [0.25, 0.3) is 0 Å². The van der Waals surface area contributed by atoms with Crippen molar-refractivity contribution in [1.29, 1.82) is 0 Å². The van der Waals surface area contributed by atoms with E-state index >= 15 is 0 Å². The maximum atomic E-state index is 12.7. The van der Waals surface area contributed by atoms with E-state index < -0.39 is 5.54 Å². The van der Waals surface area contributed by atoms with Gasteiger partial charge in [0.05, 0.1) is 0 Å². The first-order chi connectivity index (χ1) is 10.1. The molecule has 0 aromatic carbocycles. The molecular weight excluding hydrogens is 268 g/mol. The van der Waals surface area contributed by atoms with E-state index in [0.29, 0.717) is 12.6 Å². The van der Waals surface area contributed by atoms with Crippen molar-refractivity contribution in [3.8, 4) is 0 Å². The lowest BCUT2D eigenvalue weighted by Gasteiger charge is -2.34. The van der Waals surface area contributed by atoms with Crippen LogP contribution in [0.4, 0.5) is 4.79 Å². The Morgan fingerprint density at radius 3 is 2.62 bits per heavy atom. The summed E-state index contributed by atoms with van der Waals surface area (Å²) in [5, 5.41) is 12.2. The minimum absolute atomic E-state index is 0.00893. The van der Waals surface area contributed by atoms with Crippen molar-refractivity contribution in [1.82, 2.24) is 21.3 Å². The zero-order chi connectivity index (χ0) is 15.3. The molecule has 3 amide bonds. The third-order valence-electron chi connectivity index (χ3n) is 4.54. The Morgan fingerprint density at radius 1 is 1.29 bits per heavy atom. The summed E-state index contributed by atoms with van der Waals surface area (Å²) >= 11 is 0. The normalized spacial score (nSPS) is 27.9. The second-order valence-corrected chi connectivity index (χ2v) is 6.32. The first-order valence-electron chi connectivity index (χ1n) is 8.16. The van der Waals surface area contributed by atoms with Gasteiger partial charge in [-0.3, -0.25) is 4.79 Å². The van der Waals surface area contributed by atoms with Gasteiger partial charge in [0.2, 0.25) is 5.91 Å². The minimum atomic E-state index is -0.715. The van der Waals surface area contributed by atoms with Crippen LogP contribution in [0, 0.1) is 0 Å². The number of nitrogens with one attached hydrogen (secondary N) is 4. The van der Waals surface area contributed by atoms with Crippen LogP contribution in [0.3, 0.4) is 0 Å². The Morgan fingerprint density at radius 2 is 2.00 bits per heavy atom. The molecule has 6 nitrogen and oxygen atoms in total. The summed E-state index contributed by atoms with van der Waals surface area (Å²) in [5.41, 5.74) is -0.715. The summed E-state index contributed by atoms with van der Waals surface area (Å²) in [4.78, 5) is 24.5. The molecule has 1 aliphatic heterocycles. The second-order valence-electron chi connectivity index (χ2n) is 6.32. The summed E-state index contributed by atoms with van der Waals surface area (Å²) in [6.07, 6.45) is 5.34. The van der Waals surface area contributed by atoms with E-state index in [1.54, 1.807) is 0 Å². The fraction of sp³-hybridized carbons (Fsp3) is 0.867. The number of piperidine rings is 1.